The minimum atomic E-state index is -0.327. The SMILES string of the molecule is Cc1cc(=O)c(C(=O)NC(CN)C2CCCCC2)c[nH]1. The summed E-state index contributed by atoms with van der Waals surface area (Å²) in [4.78, 5) is 26.9. The summed E-state index contributed by atoms with van der Waals surface area (Å²) in [5, 5.41) is 2.93. The van der Waals surface area contributed by atoms with E-state index in [2.05, 4.69) is 10.3 Å². The Hall–Kier alpha value is -1.62. The summed E-state index contributed by atoms with van der Waals surface area (Å²) in [6.45, 7) is 2.20. The first kappa shape index (κ1) is 14.8. The Bertz CT molecular complexity index is 518. The van der Waals surface area contributed by atoms with Crippen LogP contribution in [0, 0.1) is 12.8 Å². The molecule has 110 valence electrons. The maximum Gasteiger partial charge on any atom is 0.257 e. The van der Waals surface area contributed by atoms with Gasteiger partial charge in [0.15, 0.2) is 5.43 Å². The van der Waals surface area contributed by atoms with Gasteiger partial charge in [0.1, 0.15) is 5.56 Å². The van der Waals surface area contributed by atoms with Gasteiger partial charge in [0, 0.05) is 30.5 Å². The van der Waals surface area contributed by atoms with Gasteiger partial charge in [-0.15, -0.1) is 0 Å². The molecule has 1 aliphatic carbocycles. The zero-order valence-corrected chi connectivity index (χ0v) is 11.9. The zero-order chi connectivity index (χ0) is 14.5. The highest BCUT2D eigenvalue weighted by molar-refractivity contribution is 5.94. The predicted octanol–water partition coefficient (Wildman–Crippen LogP) is 1.32. The molecule has 1 aromatic rings. The summed E-state index contributed by atoms with van der Waals surface area (Å²) >= 11 is 0. The van der Waals surface area contributed by atoms with Crippen molar-refractivity contribution < 1.29 is 4.79 Å². The molecule has 5 nitrogen and oxygen atoms in total. The van der Waals surface area contributed by atoms with Crippen molar-refractivity contribution >= 4 is 5.91 Å². The molecule has 1 aliphatic rings. The first-order valence-corrected chi connectivity index (χ1v) is 7.32. The fraction of sp³-hybridized carbons (Fsp3) is 0.600. The Labute approximate surface area is 119 Å². The van der Waals surface area contributed by atoms with Crippen molar-refractivity contribution in [1.29, 1.82) is 0 Å². The van der Waals surface area contributed by atoms with Crippen molar-refractivity contribution in [2.24, 2.45) is 11.7 Å². The van der Waals surface area contributed by atoms with Crippen LogP contribution in [0.15, 0.2) is 17.1 Å². The third-order valence-electron chi connectivity index (χ3n) is 4.09. The summed E-state index contributed by atoms with van der Waals surface area (Å²) in [6, 6.07) is 1.40. The second-order valence-electron chi connectivity index (χ2n) is 5.61. The molecule has 0 saturated heterocycles. The Morgan fingerprint density at radius 1 is 1.45 bits per heavy atom. The van der Waals surface area contributed by atoms with E-state index in [-0.39, 0.29) is 22.9 Å². The molecule has 1 saturated carbocycles. The number of aryl methyl sites for hydroxylation is 1. The second-order valence-corrected chi connectivity index (χ2v) is 5.61. The van der Waals surface area contributed by atoms with Crippen molar-refractivity contribution in [2.75, 3.05) is 6.54 Å². The lowest BCUT2D eigenvalue weighted by molar-refractivity contribution is 0.0914. The Morgan fingerprint density at radius 3 is 2.75 bits per heavy atom. The number of amides is 1. The van der Waals surface area contributed by atoms with Crippen molar-refractivity contribution in [3.05, 3.63) is 33.7 Å². The molecule has 0 spiro atoms. The summed E-state index contributed by atoms with van der Waals surface area (Å²) < 4.78 is 0. The molecule has 2 rings (SSSR count). The van der Waals surface area contributed by atoms with Gasteiger partial charge in [0.2, 0.25) is 0 Å². The highest BCUT2D eigenvalue weighted by atomic mass is 16.2. The third-order valence-corrected chi connectivity index (χ3v) is 4.09. The summed E-state index contributed by atoms with van der Waals surface area (Å²) in [7, 11) is 0. The maximum absolute atomic E-state index is 12.2. The summed E-state index contributed by atoms with van der Waals surface area (Å²) in [5.41, 5.74) is 6.44. The fourth-order valence-corrected chi connectivity index (χ4v) is 2.90. The number of carbonyl (C=O) groups excluding carboxylic acids is 1. The van der Waals surface area contributed by atoms with Gasteiger partial charge in [0.05, 0.1) is 0 Å². The van der Waals surface area contributed by atoms with Crippen LogP contribution in [-0.4, -0.2) is 23.5 Å². The van der Waals surface area contributed by atoms with Crippen LogP contribution in [0.1, 0.15) is 48.2 Å². The predicted molar refractivity (Wildman–Crippen MR) is 78.7 cm³/mol. The molecule has 1 heterocycles. The van der Waals surface area contributed by atoms with E-state index in [4.69, 9.17) is 5.73 Å². The highest BCUT2D eigenvalue weighted by Gasteiger charge is 2.25. The van der Waals surface area contributed by atoms with Crippen LogP contribution in [-0.2, 0) is 0 Å². The number of nitrogens with one attached hydrogen (secondary N) is 2. The van der Waals surface area contributed by atoms with Gasteiger partial charge in [-0.05, 0) is 25.7 Å². The van der Waals surface area contributed by atoms with E-state index in [1.807, 2.05) is 0 Å². The average molecular weight is 277 g/mol. The number of aromatic nitrogens is 1. The number of rotatable bonds is 4. The Morgan fingerprint density at radius 2 is 2.15 bits per heavy atom. The molecule has 0 radical (unpaired) electrons. The van der Waals surface area contributed by atoms with Crippen LogP contribution in [0.5, 0.6) is 0 Å². The monoisotopic (exact) mass is 277 g/mol. The van der Waals surface area contributed by atoms with E-state index in [1.165, 1.54) is 31.5 Å². The molecule has 1 atom stereocenters. The Kier molecular flexibility index (Phi) is 4.95. The molecule has 0 bridgehead atoms. The summed E-state index contributed by atoms with van der Waals surface area (Å²) in [6.07, 6.45) is 7.34. The lowest BCUT2D eigenvalue weighted by Crippen LogP contribution is -2.46. The van der Waals surface area contributed by atoms with Crippen molar-refractivity contribution in [3.8, 4) is 0 Å². The molecule has 0 aromatic carbocycles. The fourth-order valence-electron chi connectivity index (χ4n) is 2.90. The molecule has 0 aliphatic heterocycles. The quantitative estimate of drug-likeness (QED) is 0.775. The van der Waals surface area contributed by atoms with E-state index in [0.29, 0.717) is 12.5 Å². The van der Waals surface area contributed by atoms with Gasteiger partial charge in [-0.3, -0.25) is 9.59 Å². The number of hydrogen-bond donors (Lipinski definition) is 3. The number of carbonyl (C=O) groups is 1. The average Bonchev–Trinajstić information content (AvgIpc) is 2.45. The maximum atomic E-state index is 12.2. The summed E-state index contributed by atoms with van der Waals surface area (Å²) in [5.74, 6) is 0.106. The minimum absolute atomic E-state index is 0.0384. The van der Waals surface area contributed by atoms with Crippen LogP contribution in [0.3, 0.4) is 0 Å². The number of hydrogen-bond acceptors (Lipinski definition) is 3. The van der Waals surface area contributed by atoms with Crippen LogP contribution >= 0.6 is 0 Å². The molecule has 1 unspecified atom stereocenters. The van der Waals surface area contributed by atoms with Gasteiger partial charge in [-0.2, -0.15) is 0 Å². The zero-order valence-electron chi connectivity index (χ0n) is 11.9. The van der Waals surface area contributed by atoms with E-state index < -0.39 is 0 Å². The number of pyridine rings is 1. The molecular formula is C15H23N3O2. The lowest BCUT2D eigenvalue weighted by Gasteiger charge is -2.30. The van der Waals surface area contributed by atoms with Crippen LogP contribution in [0.25, 0.3) is 0 Å². The Balaban J connectivity index is 2.06. The molecule has 1 aromatic heterocycles. The molecular weight excluding hydrogens is 254 g/mol. The van der Waals surface area contributed by atoms with Crippen molar-refractivity contribution in [3.63, 3.8) is 0 Å². The van der Waals surface area contributed by atoms with Crippen molar-refractivity contribution in [1.82, 2.24) is 10.3 Å². The largest absolute Gasteiger partial charge is 0.364 e. The molecule has 4 N–H and O–H groups in total. The van der Waals surface area contributed by atoms with Gasteiger partial charge in [-0.25, -0.2) is 0 Å². The number of nitrogens with two attached hydrogens (primary N) is 1. The first-order valence-electron chi connectivity index (χ1n) is 7.32. The van der Waals surface area contributed by atoms with Crippen LogP contribution < -0.4 is 16.5 Å². The second kappa shape index (κ2) is 6.70. The lowest BCUT2D eigenvalue weighted by atomic mass is 9.84. The van der Waals surface area contributed by atoms with Gasteiger partial charge in [0.25, 0.3) is 5.91 Å². The van der Waals surface area contributed by atoms with Crippen LogP contribution in [0.2, 0.25) is 0 Å². The normalized spacial score (nSPS) is 17.7. The standard InChI is InChI=1S/C15H23N3O2/c1-10-7-14(19)12(9-17-10)15(20)18-13(8-16)11-5-3-2-4-6-11/h7,9,11,13H,2-6,8,16H2,1H3,(H,17,19)(H,18,20). The topological polar surface area (TPSA) is 88.0 Å². The molecule has 5 heteroatoms. The first-order chi connectivity index (χ1) is 9.61. The van der Waals surface area contributed by atoms with E-state index in [9.17, 15) is 9.59 Å². The third kappa shape index (κ3) is 3.48. The highest BCUT2D eigenvalue weighted by Crippen LogP contribution is 2.26. The molecule has 1 fully saturated rings. The van der Waals surface area contributed by atoms with Gasteiger partial charge >= 0.3 is 0 Å². The van der Waals surface area contributed by atoms with Gasteiger partial charge in [-0.1, -0.05) is 19.3 Å². The molecule has 1 amide bonds. The molecule has 20 heavy (non-hydrogen) atoms. The van der Waals surface area contributed by atoms with Crippen LogP contribution in [0.4, 0.5) is 0 Å². The minimum Gasteiger partial charge on any atom is -0.364 e. The van der Waals surface area contributed by atoms with Crippen molar-refractivity contribution in [2.45, 2.75) is 45.1 Å². The van der Waals surface area contributed by atoms with E-state index in [0.717, 1.165) is 18.5 Å². The smallest absolute Gasteiger partial charge is 0.257 e. The van der Waals surface area contributed by atoms with Gasteiger partial charge < -0.3 is 16.0 Å². The van der Waals surface area contributed by atoms with E-state index in [1.54, 1.807) is 6.92 Å². The number of aromatic amines is 1. The number of H-pyrrole nitrogens is 1. The van der Waals surface area contributed by atoms with E-state index >= 15 is 0 Å².